The van der Waals surface area contributed by atoms with Gasteiger partial charge in [0.1, 0.15) is 10.9 Å². The van der Waals surface area contributed by atoms with E-state index in [1.165, 1.54) is 4.72 Å². The molecule has 0 fully saturated rings. The van der Waals surface area contributed by atoms with E-state index in [4.69, 9.17) is 21.4 Å². The summed E-state index contributed by atoms with van der Waals surface area (Å²) >= 11 is 6.18. The van der Waals surface area contributed by atoms with E-state index in [1.54, 1.807) is 0 Å². The summed E-state index contributed by atoms with van der Waals surface area (Å²) in [6.45, 7) is -1.14. The van der Waals surface area contributed by atoms with Crippen molar-refractivity contribution in [3.05, 3.63) is 10.0 Å². The lowest BCUT2D eigenvalue weighted by atomic mass is 10.5. The molecule has 20 heavy (non-hydrogen) atoms. The van der Waals surface area contributed by atoms with Crippen LogP contribution in [0.4, 0.5) is 13.2 Å². The second kappa shape index (κ2) is 6.11. The standard InChI is InChI=1S/C7H6ClF3N2O5S2/c8-4-3(5(14)15)13-6(19-4)18-2-1-12-20(16,17)7(9,10)11/h12H,1-2H2,(H,14,15). The summed E-state index contributed by atoms with van der Waals surface area (Å²) in [5, 5.41) is 8.44. The summed E-state index contributed by atoms with van der Waals surface area (Å²) in [7, 11) is -5.44. The van der Waals surface area contributed by atoms with Gasteiger partial charge in [0.2, 0.25) is 0 Å². The van der Waals surface area contributed by atoms with Gasteiger partial charge in [0.25, 0.3) is 5.19 Å². The Kier molecular flexibility index (Phi) is 5.18. The summed E-state index contributed by atoms with van der Waals surface area (Å²) in [6.07, 6.45) is 0. The number of rotatable bonds is 6. The molecule has 1 rings (SSSR count). The molecule has 13 heteroatoms. The molecule has 0 amide bonds. The molecule has 2 N–H and O–H groups in total. The van der Waals surface area contributed by atoms with Crippen molar-refractivity contribution >= 4 is 38.9 Å². The first-order valence-electron chi connectivity index (χ1n) is 4.63. The van der Waals surface area contributed by atoms with Crippen molar-refractivity contribution in [1.82, 2.24) is 9.71 Å². The van der Waals surface area contributed by atoms with Crippen molar-refractivity contribution in [3.8, 4) is 5.19 Å². The van der Waals surface area contributed by atoms with E-state index in [2.05, 4.69) is 4.98 Å². The van der Waals surface area contributed by atoms with Gasteiger partial charge in [0.15, 0.2) is 5.69 Å². The molecule has 0 atom stereocenters. The van der Waals surface area contributed by atoms with E-state index < -0.39 is 40.3 Å². The Hall–Kier alpha value is -1.11. The second-order valence-electron chi connectivity index (χ2n) is 3.10. The maximum Gasteiger partial charge on any atom is 0.511 e. The van der Waals surface area contributed by atoms with Crippen LogP contribution >= 0.6 is 22.9 Å². The number of halogens is 4. The van der Waals surface area contributed by atoms with Gasteiger partial charge in [0, 0.05) is 6.54 Å². The number of nitrogens with zero attached hydrogens (tertiary/aromatic N) is 1. The summed E-state index contributed by atoms with van der Waals surface area (Å²) in [5.74, 6) is -1.39. The molecule has 1 heterocycles. The predicted molar refractivity (Wildman–Crippen MR) is 62.6 cm³/mol. The number of hydrogen-bond acceptors (Lipinski definition) is 6. The molecule has 0 aliphatic heterocycles. The van der Waals surface area contributed by atoms with Crippen LogP contribution in [0.3, 0.4) is 0 Å². The summed E-state index contributed by atoms with van der Waals surface area (Å²) in [4.78, 5) is 14.1. The maximum absolute atomic E-state index is 11.9. The van der Waals surface area contributed by atoms with Gasteiger partial charge in [-0.1, -0.05) is 22.9 Å². The zero-order valence-electron chi connectivity index (χ0n) is 9.27. The minimum atomic E-state index is -5.44. The molecule has 0 aliphatic carbocycles. The van der Waals surface area contributed by atoms with Crippen molar-refractivity contribution in [2.75, 3.05) is 13.2 Å². The van der Waals surface area contributed by atoms with Crippen molar-refractivity contribution in [2.45, 2.75) is 5.51 Å². The molecule has 0 saturated carbocycles. The lowest BCUT2D eigenvalue weighted by Crippen LogP contribution is -2.38. The Morgan fingerprint density at radius 1 is 1.50 bits per heavy atom. The van der Waals surface area contributed by atoms with Crippen molar-refractivity contribution < 1.29 is 36.2 Å². The van der Waals surface area contributed by atoms with E-state index in [0.717, 1.165) is 0 Å². The minimum absolute atomic E-state index is 0.164. The molecular formula is C7H6ClF3N2O5S2. The van der Waals surface area contributed by atoms with Crippen molar-refractivity contribution in [2.24, 2.45) is 0 Å². The van der Waals surface area contributed by atoms with Gasteiger partial charge >= 0.3 is 21.5 Å². The van der Waals surface area contributed by atoms with Crippen LogP contribution in [0.25, 0.3) is 0 Å². The lowest BCUT2D eigenvalue weighted by Gasteiger charge is -2.09. The maximum atomic E-state index is 11.9. The molecule has 0 spiro atoms. The fraction of sp³-hybridized carbons (Fsp3) is 0.429. The number of thiazole rings is 1. The molecule has 0 saturated heterocycles. The normalized spacial score (nSPS) is 12.4. The third kappa shape index (κ3) is 4.19. The SMILES string of the molecule is O=C(O)c1nc(OCCNS(=O)(=O)C(F)(F)F)sc1Cl. The highest BCUT2D eigenvalue weighted by atomic mass is 35.5. The quantitative estimate of drug-likeness (QED) is 0.746. The van der Waals surface area contributed by atoms with Gasteiger partial charge in [-0.3, -0.25) is 0 Å². The first kappa shape index (κ1) is 16.9. The average Bonchev–Trinajstić information content (AvgIpc) is 2.64. The molecule has 0 aliphatic rings. The van der Waals surface area contributed by atoms with E-state index in [0.29, 0.717) is 11.3 Å². The van der Waals surface area contributed by atoms with Crippen LogP contribution in [0.15, 0.2) is 0 Å². The fourth-order valence-electron chi connectivity index (χ4n) is 0.873. The van der Waals surface area contributed by atoms with Crippen LogP contribution in [0, 0.1) is 0 Å². The Morgan fingerprint density at radius 3 is 2.55 bits per heavy atom. The first-order valence-corrected chi connectivity index (χ1v) is 7.30. The number of nitrogens with one attached hydrogen (secondary N) is 1. The van der Waals surface area contributed by atoms with Crippen molar-refractivity contribution in [3.63, 3.8) is 0 Å². The highest BCUT2D eigenvalue weighted by Gasteiger charge is 2.45. The molecular weight excluding hydrogens is 349 g/mol. The number of sulfonamides is 1. The van der Waals surface area contributed by atoms with Gasteiger partial charge in [-0.25, -0.2) is 17.9 Å². The number of alkyl halides is 3. The Balaban J connectivity index is 2.50. The molecule has 0 aromatic carbocycles. The second-order valence-corrected chi connectivity index (χ2v) is 6.42. The van der Waals surface area contributed by atoms with E-state index >= 15 is 0 Å². The number of aromatic carboxylic acids is 1. The first-order chi connectivity index (χ1) is 9.04. The van der Waals surface area contributed by atoms with E-state index in [9.17, 15) is 26.4 Å². The summed E-state index contributed by atoms with van der Waals surface area (Å²) < 4.78 is 62.9. The van der Waals surface area contributed by atoms with Gasteiger partial charge in [-0.15, -0.1) is 0 Å². The average molecular weight is 355 g/mol. The minimum Gasteiger partial charge on any atom is -0.476 e. The molecule has 0 radical (unpaired) electrons. The van der Waals surface area contributed by atoms with Crippen molar-refractivity contribution in [1.29, 1.82) is 0 Å². The Morgan fingerprint density at radius 2 is 2.10 bits per heavy atom. The highest BCUT2D eigenvalue weighted by Crippen LogP contribution is 2.29. The molecule has 0 bridgehead atoms. The van der Waals surface area contributed by atoms with Crippen LogP contribution in [0.1, 0.15) is 10.5 Å². The number of hydrogen-bond donors (Lipinski definition) is 2. The van der Waals surface area contributed by atoms with Crippen LogP contribution in [-0.2, 0) is 10.0 Å². The molecule has 0 unspecified atom stereocenters. The van der Waals surface area contributed by atoms with Gasteiger partial charge in [-0.2, -0.15) is 18.2 Å². The van der Waals surface area contributed by atoms with E-state index in [1.807, 2.05) is 0 Å². The molecule has 7 nitrogen and oxygen atoms in total. The molecule has 1 aromatic heterocycles. The zero-order valence-corrected chi connectivity index (χ0v) is 11.7. The number of aromatic nitrogens is 1. The van der Waals surface area contributed by atoms with Gasteiger partial charge in [-0.05, 0) is 0 Å². The smallest absolute Gasteiger partial charge is 0.476 e. The Bertz CT molecular complexity index is 600. The lowest BCUT2D eigenvalue weighted by molar-refractivity contribution is -0.0448. The number of carboxylic acids is 1. The monoisotopic (exact) mass is 354 g/mol. The predicted octanol–water partition coefficient (Wildman–Crippen LogP) is 1.31. The number of carbonyl (C=O) groups is 1. The fourth-order valence-corrected chi connectivity index (χ4v) is 2.37. The zero-order chi connectivity index (χ0) is 15.6. The number of carboxylic acid groups (broad SMARTS) is 1. The molecule has 1 aromatic rings. The van der Waals surface area contributed by atoms with Gasteiger partial charge < -0.3 is 9.84 Å². The van der Waals surface area contributed by atoms with E-state index in [-0.39, 0.29) is 9.53 Å². The van der Waals surface area contributed by atoms with Crippen LogP contribution in [0.2, 0.25) is 4.34 Å². The third-order valence-electron chi connectivity index (χ3n) is 1.69. The van der Waals surface area contributed by atoms with Crippen LogP contribution in [0.5, 0.6) is 5.19 Å². The van der Waals surface area contributed by atoms with Crippen LogP contribution < -0.4 is 9.46 Å². The summed E-state index contributed by atoms with van der Waals surface area (Å²) in [6, 6.07) is 0. The van der Waals surface area contributed by atoms with Gasteiger partial charge in [0.05, 0.1) is 0 Å². The highest BCUT2D eigenvalue weighted by molar-refractivity contribution is 7.90. The third-order valence-corrected chi connectivity index (χ3v) is 4.05. The molecule has 114 valence electrons. The summed E-state index contributed by atoms with van der Waals surface area (Å²) in [5.41, 5.74) is -5.86. The van der Waals surface area contributed by atoms with Crippen LogP contribution in [-0.4, -0.2) is 43.1 Å². The number of ether oxygens (including phenoxy) is 1. The topological polar surface area (TPSA) is 106 Å². The Labute approximate surface area is 119 Å². The largest absolute Gasteiger partial charge is 0.511 e.